The number of nitrogens with zero attached hydrogens (tertiary/aromatic N) is 3. The van der Waals surface area contributed by atoms with Crippen LogP contribution in [-0.2, 0) is 48.0 Å². The molecule has 4 rings (SSSR count). The smallest absolute Gasteiger partial charge is 0.243 e. The number of carbonyl (C=O) groups excluding carboxylic acids is 4. The van der Waals surface area contributed by atoms with Gasteiger partial charge < -0.3 is 25.8 Å². The lowest BCUT2D eigenvalue weighted by Gasteiger charge is -2.37. The number of hydrogen-bond donors (Lipinski definition) is 3. The number of piperidine rings is 1. The molecule has 13 heteroatoms. The molecule has 2 heterocycles. The molecule has 2 aliphatic rings. The maximum Gasteiger partial charge on any atom is 0.243 e. The van der Waals surface area contributed by atoms with Crippen LogP contribution in [-0.4, -0.2) is 91.6 Å². The van der Waals surface area contributed by atoms with Crippen LogP contribution in [0.1, 0.15) is 61.3 Å². The van der Waals surface area contributed by atoms with E-state index >= 15 is 0 Å². The molecule has 4 amide bonds. The summed E-state index contributed by atoms with van der Waals surface area (Å²) in [6.45, 7) is 5.33. The van der Waals surface area contributed by atoms with Gasteiger partial charge in [0.25, 0.3) is 0 Å². The second-order valence-corrected chi connectivity index (χ2v) is 14.0. The van der Waals surface area contributed by atoms with E-state index in [1.807, 2.05) is 25.1 Å². The Morgan fingerprint density at radius 2 is 1.70 bits per heavy atom. The highest BCUT2D eigenvalue weighted by molar-refractivity contribution is 7.88. The minimum absolute atomic E-state index is 0.0196. The van der Waals surface area contributed by atoms with Crippen molar-refractivity contribution in [3.8, 4) is 0 Å². The Hall–Kier alpha value is -3.81. The third kappa shape index (κ3) is 9.14. The Morgan fingerprint density at radius 1 is 1.00 bits per heavy atom. The topological polar surface area (TPSA) is 162 Å². The number of sulfonamides is 1. The highest BCUT2D eigenvalue weighted by Crippen LogP contribution is 2.22. The van der Waals surface area contributed by atoms with Crippen molar-refractivity contribution in [1.29, 1.82) is 0 Å². The summed E-state index contributed by atoms with van der Waals surface area (Å²) in [6.07, 6.45) is 1.75. The first-order chi connectivity index (χ1) is 21.9. The molecule has 2 aromatic carbocycles. The molecule has 0 radical (unpaired) electrons. The van der Waals surface area contributed by atoms with Crippen LogP contribution < -0.4 is 15.8 Å². The molecule has 2 fully saturated rings. The van der Waals surface area contributed by atoms with E-state index in [1.165, 1.54) is 11.8 Å². The minimum atomic E-state index is -4.04. The summed E-state index contributed by atoms with van der Waals surface area (Å²) in [7, 11) is -2.40. The van der Waals surface area contributed by atoms with Crippen molar-refractivity contribution >= 4 is 33.7 Å². The number of nitrogens with two attached hydrogens (primary N) is 1. The first-order valence-electron chi connectivity index (χ1n) is 15.8. The fourth-order valence-electron chi connectivity index (χ4n) is 6.24. The zero-order valence-corrected chi connectivity index (χ0v) is 27.7. The van der Waals surface area contributed by atoms with Crippen LogP contribution in [0.4, 0.5) is 0 Å². The standard InChI is InChI=1S/C33H46N6O6S/c1-23-11-12-26(20-34)27(18-23)21-35-32(42)30-10-7-15-39(30)33(43)29(36-46(44,45)22-25-8-5-4-6-9-25)19-31(41)37(3)28-13-16-38(17-14-28)24(2)40/h4-6,8-9,11-12,18,28-30,36H,7,10,13-17,19-22,34H2,1-3H3,(H,35,42)/t29-,30+/m1/s1. The molecule has 2 saturated heterocycles. The molecule has 12 nitrogen and oxygen atoms in total. The fraction of sp³-hybridized carbons (Fsp3) is 0.515. The molecule has 0 saturated carbocycles. The molecular weight excluding hydrogens is 608 g/mol. The van der Waals surface area contributed by atoms with Crippen molar-refractivity contribution in [3.63, 3.8) is 0 Å². The molecule has 0 bridgehead atoms. The Bertz CT molecular complexity index is 1510. The van der Waals surface area contributed by atoms with E-state index in [9.17, 15) is 27.6 Å². The number of nitrogens with one attached hydrogen (secondary N) is 2. The van der Waals surface area contributed by atoms with Gasteiger partial charge in [-0.15, -0.1) is 0 Å². The van der Waals surface area contributed by atoms with Gasteiger partial charge in [0, 0.05) is 52.7 Å². The number of carbonyl (C=O) groups is 4. The van der Waals surface area contributed by atoms with Gasteiger partial charge in [0.1, 0.15) is 12.1 Å². The van der Waals surface area contributed by atoms with Gasteiger partial charge in [0.2, 0.25) is 33.7 Å². The van der Waals surface area contributed by atoms with Crippen LogP contribution in [0.25, 0.3) is 0 Å². The van der Waals surface area contributed by atoms with Crippen molar-refractivity contribution in [2.75, 3.05) is 26.7 Å². The first kappa shape index (κ1) is 35.1. The zero-order chi connectivity index (χ0) is 33.4. The molecular formula is C33H46N6O6S. The lowest BCUT2D eigenvalue weighted by molar-refractivity contribution is -0.142. The SMILES string of the molecule is CC(=O)N1CCC(N(C)C(=O)C[C@@H](NS(=O)(=O)Cc2ccccc2)C(=O)N2CCC[C@H]2C(=O)NCc2cc(C)ccc2CN)CC1. The molecule has 2 aromatic rings. The number of aryl methyl sites for hydroxylation is 1. The van der Waals surface area contributed by atoms with Crippen LogP contribution in [0.2, 0.25) is 0 Å². The Labute approximate surface area is 271 Å². The second kappa shape index (κ2) is 15.7. The van der Waals surface area contributed by atoms with Gasteiger partial charge in [-0.1, -0.05) is 54.1 Å². The van der Waals surface area contributed by atoms with Crippen LogP contribution in [0.3, 0.4) is 0 Å². The van der Waals surface area contributed by atoms with Gasteiger partial charge in [0.15, 0.2) is 0 Å². The number of amides is 4. The number of hydrogen-bond acceptors (Lipinski definition) is 7. The summed E-state index contributed by atoms with van der Waals surface area (Å²) in [5.74, 6) is -1.73. The van der Waals surface area contributed by atoms with Crippen molar-refractivity contribution < 1.29 is 27.6 Å². The highest BCUT2D eigenvalue weighted by Gasteiger charge is 2.40. The van der Waals surface area contributed by atoms with Crippen molar-refractivity contribution in [3.05, 3.63) is 70.8 Å². The van der Waals surface area contributed by atoms with Crippen LogP contribution in [0.5, 0.6) is 0 Å². The maximum absolute atomic E-state index is 14.0. The summed E-state index contributed by atoms with van der Waals surface area (Å²) in [4.78, 5) is 57.4. The first-order valence-corrected chi connectivity index (χ1v) is 17.5. The molecule has 46 heavy (non-hydrogen) atoms. The third-order valence-corrected chi connectivity index (χ3v) is 10.3. The van der Waals surface area contributed by atoms with Crippen molar-refractivity contribution in [1.82, 2.24) is 24.7 Å². The van der Waals surface area contributed by atoms with Crippen molar-refractivity contribution in [2.24, 2.45) is 5.73 Å². The van der Waals surface area contributed by atoms with Gasteiger partial charge in [0.05, 0.1) is 12.2 Å². The summed E-state index contributed by atoms with van der Waals surface area (Å²) in [5, 5.41) is 2.93. The van der Waals surface area contributed by atoms with Crippen LogP contribution in [0, 0.1) is 6.92 Å². The lowest BCUT2D eigenvalue weighted by atomic mass is 10.0. The average Bonchev–Trinajstić information content (AvgIpc) is 3.53. The largest absolute Gasteiger partial charge is 0.350 e. The number of rotatable bonds is 12. The highest BCUT2D eigenvalue weighted by atomic mass is 32.2. The van der Waals surface area contributed by atoms with E-state index in [-0.39, 0.29) is 36.7 Å². The monoisotopic (exact) mass is 654 g/mol. The van der Waals surface area contributed by atoms with E-state index in [0.29, 0.717) is 50.9 Å². The summed E-state index contributed by atoms with van der Waals surface area (Å²) < 4.78 is 29.1. The third-order valence-electron chi connectivity index (χ3n) is 8.92. The molecule has 250 valence electrons. The van der Waals surface area contributed by atoms with E-state index in [1.54, 1.807) is 47.2 Å². The van der Waals surface area contributed by atoms with Gasteiger partial charge in [-0.25, -0.2) is 13.1 Å². The number of likely N-dealkylation sites (tertiary alicyclic amines) is 2. The van der Waals surface area contributed by atoms with Gasteiger partial charge in [-0.05, 0) is 49.3 Å². The molecule has 4 N–H and O–H groups in total. The maximum atomic E-state index is 14.0. The molecule has 2 atom stereocenters. The molecule has 0 unspecified atom stereocenters. The van der Waals surface area contributed by atoms with Gasteiger partial charge in [-0.2, -0.15) is 0 Å². The summed E-state index contributed by atoms with van der Waals surface area (Å²) >= 11 is 0. The van der Waals surface area contributed by atoms with Crippen LogP contribution in [0.15, 0.2) is 48.5 Å². The predicted octanol–water partition coefficient (Wildman–Crippen LogP) is 1.41. The summed E-state index contributed by atoms with van der Waals surface area (Å²) in [5.41, 5.74) is 9.25. The van der Waals surface area contributed by atoms with E-state index < -0.39 is 40.3 Å². The van der Waals surface area contributed by atoms with Crippen molar-refractivity contribution in [2.45, 2.75) is 82.9 Å². The Balaban J connectivity index is 1.49. The summed E-state index contributed by atoms with van der Waals surface area (Å²) in [6, 6.07) is 12.1. The van der Waals surface area contributed by atoms with E-state index in [4.69, 9.17) is 5.73 Å². The van der Waals surface area contributed by atoms with Crippen LogP contribution >= 0.6 is 0 Å². The quantitative estimate of drug-likeness (QED) is 0.312. The molecule has 0 aromatic heterocycles. The normalized spacial score (nSPS) is 17.9. The predicted molar refractivity (Wildman–Crippen MR) is 174 cm³/mol. The Morgan fingerprint density at radius 3 is 2.35 bits per heavy atom. The molecule has 2 aliphatic heterocycles. The zero-order valence-electron chi connectivity index (χ0n) is 26.9. The van der Waals surface area contributed by atoms with Gasteiger partial charge >= 0.3 is 0 Å². The van der Waals surface area contributed by atoms with Gasteiger partial charge in [-0.3, -0.25) is 19.2 Å². The fourth-order valence-corrected chi connectivity index (χ4v) is 7.58. The lowest BCUT2D eigenvalue weighted by Crippen LogP contribution is -2.55. The Kier molecular flexibility index (Phi) is 11.9. The average molecular weight is 655 g/mol. The second-order valence-electron chi connectivity index (χ2n) is 12.2. The molecule has 0 spiro atoms. The van der Waals surface area contributed by atoms with E-state index in [2.05, 4.69) is 10.0 Å². The molecule has 0 aliphatic carbocycles. The number of benzene rings is 2. The minimum Gasteiger partial charge on any atom is -0.350 e. The van der Waals surface area contributed by atoms with E-state index in [0.717, 1.165) is 16.7 Å².